The van der Waals surface area contributed by atoms with Gasteiger partial charge in [0.15, 0.2) is 0 Å². The fourth-order valence-corrected chi connectivity index (χ4v) is 1.42. The first-order valence-corrected chi connectivity index (χ1v) is 6.11. The van der Waals surface area contributed by atoms with Crippen LogP contribution in [0.1, 0.15) is 19.4 Å². The number of aliphatic hydroxyl groups excluding tert-OH is 1. The monoisotopic (exact) mass is 254 g/mol. The molecule has 0 bridgehead atoms. The highest BCUT2D eigenvalue weighted by Crippen LogP contribution is 2.07. The Morgan fingerprint density at radius 3 is 2.89 bits per heavy atom. The summed E-state index contributed by atoms with van der Waals surface area (Å²) in [5, 5.41) is 12.8. The lowest BCUT2D eigenvalue weighted by Crippen LogP contribution is -2.31. The third kappa shape index (κ3) is 5.95. The van der Waals surface area contributed by atoms with Gasteiger partial charge in [-0.25, -0.2) is 4.98 Å². The first kappa shape index (κ1) is 14.9. The molecule has 0 spiro atoms. The molecule has 0 radical (unpaired) electrons. The number of aliphatic hydroxyl groups is 1. The maximum atomic E-state index is 9.65. The maximum absolute atomic E-state index is 9.65. The van der Waals surface area contributed by atoms with Gasteiger partial charge < -0.3 is 19.9 Å². The van der Waals surface area contributed by atoms with E-state index < -0.39 is 6.10 Å². The molecule has 102 valence electrons. The largest absolute Gasteiger partial charge is 0.481 e. The average molecular weight is 254 g/mol. The Hall–Kier alpha value is -1.17. The predicted molar refractivity (Wildman–Crippen MR) is 69.6 cm³/mol. The van der Waals surface area contributed by atoms with E-state index in [-0.39, 0.29) is 6.10 Å². The zero-order valence-corrected chi connectivity index (χ0v) is 11.2. The van der Waals surface area contributed by atoms with Gasteiger partial charge in [-0.1, -0.05) is 0 Å². The summed E-state index contributed by atoms with van der Waals surface area (Å²) in [6.07, 6.45) is 1.36. The minimum atomic E-state index is -0.490. The summed E-state index contributed by atoms with van der Waals surface area (Å²) in [6.45, 7) is 5.41. The lowest BCUT2D eigenvalue weighted by Gasteiger charge is -2.14. The first-order valence-electron chi connectivity index (χ1n) is 6.11. The van der Waals surface area contributed by atoms with E-state index in [1.54, 1.807) is 13.3 Å². The second-order valence-electron chi connectivity index (χ2n) is 4.37. The summed E-state index contributed by atoms with van der Waals surface area (Å²) in [5.41, 5.74) is 1.07. The molecule has 0 aromatic carbocycles. The Morgan fingerprint density at radius 2 is 2.22 bits per heavy atom. The standard InChI is InChI=1S/C13H22N2O3/c1-10(2)18-9-12(16)8-14-7-11-4-5-15-13(6-11)17-3/h4-6,10,12,14,16H,7-9H2,1-3H3. The van der Waals surface area contributed by atoms with Gasteiger partial charge in [-0.15, -0.1) is 0 Å². The second-order valence-corrected chi connectivity index (χ2v) is 4.37. The minimum absolute atomic E-state index is 0.143. The van der Waals surface area contributed by atoms with Crippen LogP contribution in [0.25, 0.3) is 0 Å². The molecule has 1 rings (SSSR count). The molecule has 0 amide bonds. The molecule has 1 unspecified atom stereocenters. The van der Waals surface area contributed by atoms with Gasteiger partial charge in [-0.2, -0.15) is 0 Å². The molecule has 1 heterocycles. The molecular formula is C13H22N2O3. The molecule has 18 heavy (non-hydrogen) atoms. The number of rotatable bonds is 8. The van der Waals surface area contributed by atoms with Crippen LogP contribution >= 0.6 is 0 Å². The number of pyridine rings is 1. The highest BCUT2D eigenvalue weighted by atomic mass is 16.5. The molecule has 0 aliphatic rings. The van der Waals surface area contributed by atoms with Crippen molar-refractivity contribution in [2.75, 3.05) is 20.3 Å². The van der Waals surface area contributed by atoms with Crippen molar-refractivity contribution in [1.82, 2.24) is 10.3 Å². The van der Waals surface area contributed by atoms with Crippen LogP contribution in [0.2, 0.25) is 0 Å². The van der Waals surface area contributed by atoms with Crippen molar-refractivity contribution < 1.29 is 14.6 Å². The summed E-state index contributed by atoms with van der Waals surface area (Å²) in [5.74, 6) is 0.595. The maximum Gasteiger partial charge on any atom is 0.213 e. The molecule has 1 atom stereocenters. The Labute approximate surface area is 108 Å². The average Bonchev–Trinajstić information content (AvgIpc) is 2.36. The lowest BCUT2D eigenvalue weighted by atomic mass is 10.2. The third-order valence-corrected chi connectivity index (χ3v) is 2.34. The molecule has 0 fully saturated rings. The van der Waals surface area contributed by atoms with Crippen LogP contribution < -0.4 is 10.1 Å². The summed E-state index contributed by atoms with van der Waals surface area (Å²) < 4.78 is 10.4. The van der Waals surface area contributed by atoms with Crippen molar-refractivity contribution >= 4 is 0 Å². The smallest absolute Gasteiger partial charge is 0.213 e. The summed E-state index contributed by atoms with van der Waals surface area (Å²) >= 11 is 0. The normalized spacial score (nSPS) is 12.7. The Balaban J connectivity index is 2.24. The molecule has 1 aromatic rings. The summed E-state index contributed by atoms with van der Waals surface area (Å²) in [6, 6.07) is 3.77. The van der Waals surface area contributed by atoms with Gasteiger partial charge in [0.2, 0.25) is 5.88 Å². The number of hydrogen-bond donors (Lipinski definition) is 2. The van der Waals surface area contributed by atoms with Crippen LogP contribution in [-0.4, -0.2) is 42.6 Å². The summed E-state index contributed by atoms with van der Waals surface area (Å²) in [4.78, 5) is 4.03. The quantitative estimate of drug-likeness (QED) is 0.723. The highest BCUT2D eigenvalue weighted by Gasteiger charge is 2.05. The summed E-state index contributed by atoms with van der Waals surface area (Å²) in [7, 11) is 1.59. The van der Waals surface area contributed by atoms with Crippen molar-refractivity contribution in [3.05, 3.63) is 23.9 Å². The molecule has 0 saturated heterocycles. The van der Waals surface area contributed by atoms with Gasteiger partial charge in [0.1, 0.15) is 0 Å². The molecule has 5 heteroatoms. The minimum Gasteiger partial charge on any atom is -0.481 e. The second kappa shape index (κ2) is 8.02. The van der Waals surface area contributed by atoms with Crippen molar-refractivity contribution in [1.29, 1.82) is 0 Å². The van der Waals surface area contributed by atoms with E-state index in [0.717, 1.165) is 5.56 Å². The van der Waals surface area contributed by atoms with Gasteiger partial charge in [-0.3, -0.25) is 0 Å². The van der Waals surface area contributed by atoms with Crippen LogP contribution in [0, 0.1) is 0 Å². The molecular weight excluding hydrogens is 232 g/mol. The molecule has 0 aliphatic heterocycles. The van der Waals surface area contributed by atoms with Gasteiger partial charge in [0.05, 0.1) is 25.9 Å². The van der Waals surface area contributed by atoms with E-state index in [4.69, 9.17) is 9.47 Å². The highest BCUT2D eigenvalue weighted by molar-refractivity contribution is 5.20. The molecule has 1 aromatic heterocycles. The van der Waals surface area contributed by atoms with Crippen molar-refractivity contribution in [2.24, 2.45) is 0 Å². The number of methoxy groups -OCH3 is 1. The van der Waals surface area contributed by atoms with Gasteiger partial charge in [-0.05, 0) is 25.5 Å². The number of ether oxygens (including phenoxy) is 2. The number of nitrogens with one attached hydrogen (secondary N) is 1. The van der Waals surface area contributed by atoms with E-state index in [9.17, 15) is 5.11 Å². The Kier molecular flexibility index (Phi) is 6.64. The zero-order chi connectivity index (χ0) is 13.4. The SMILES string of the molecule is COc1cc(CNCC(O)COC(C)C)ccn1. The first-order chi connectivity index (χ1) is 8.61. The Bertz CT molecular complexity index is 345. The fourth-order valence-electron chi connectivity index (χ4n) is 1.42. The van der Waals surface area contributed by atoms with Crippen molar-refractivity contribution in [3.63, 3.8) is 0 Å². The van der Waals surface area contributed by atoms with Crippen LogP contribution in [0.15, 0.2) is 18.3 Å². The topological polar surface area (TPSA) is 63.6 Å². The number of aromatic nitrogens is 1. The van der Waals surface area contributed by atoms with E-state index in [1.165, 1.54) is 0 Å². The van der Waals surface area contributed by atoms with E-state index in [1.807, 2.05) is 26.0 Å². The lowest BCUT2D eigenvalue weighted by molar-refractivity contribution is 0.00630. The van der Waals surface area contributed by atoms with E-state index in [2.05, 4.69) is 10.3 Å². The third-order valence-electron chi connectivity index (χ3n) is 2.34. The molecule has 0 saturated carbocycles. The van der Waals surface area contributed by atoms with Crippen LogP contribution in [0.3, 0.4) is 0 Å². The van der Waals surface area contributed by atoms with Crippen molar-refractivity contribution in [3.8, 4) is 5.88 Å². The van der Waals surface area contributed by atoms with Gasteiger partial charge in [0, 0.05) is 25.4 Å². The number of hydrogen-bond acceptors (Lipinski definition) is 5. The van der Waals surface area contributed by atoms with E-state index >= 15 is 0 Å². The van der Waals surface area contributed by atoms with Crippen LogP contribution in [0.4, 0.5) is 0 Å². The van der Waals surface area contributed by atoms with Crippen molar-refractivity contribution in [2.45, 2.75) is 32.6 Å². The molecule has 0 aliphatic carbocycles. The predicted octanol–water partition coefficient (Wildman–Crippen LogP) is 0.966. The van der Waals surface area contributed by atoms with Gasteiger partial charge in [0.25, 0.3) is 0 Å². The van der Waals surface area contributed by atoms with Crippen LogP contribution in [-0.2, 0) is 11.3 Å². The molecule has 5 nitrogen and oxygen atoms in total. The van der Waals surface area contributed by atoms with Gasteiger partial charge >= 0.3 is 0 Å². The van der Waals surface area contributed by atoms with E-state index in [0.29, 0.717) is 25.6 Å². The Morgan fingerprint density at radius 1 is 1.44 bits per heavy atom. The number of nitrogens with zero attached hydrogens (tertiary/aromatic N) is 1. The zero-order valence-electron chi connectivity index (χ0n) is 11.2. The van der Waals surface area contributed by atoms with Crippen LogP contribution in [0.5, 0.6) is 5.88 Å². The fraction of sp³-hybridized carbons (Fsp3) is 0.615. The molecule has 2 N–H and O–H groups in total.